The van der Waals surface area contributed by atoms with E-state index in [2.05, 4.69) is 11.1 Å². The summed E-state index contributed by atoms with van der Waals surface area (Å²) in [4.78, 5) is 18.2. The van der Waals surface area contributed by atoms with Gasteiger partial charge in [-0.25, -0.2) is 4.98 Å². The number of amides is 1. The molecule has 0 bridgehead atoms. The molecule has 1 saturated heterocycles. The third-order valence-corrected chi connectivity index (χ3v) is 5.41. The Morgan fingerprint density at radius 1 is 1.39 bits per heavy atom. The van der Waals surface area contributed by atoms with Gasteiger partial charge in [-0.1, -0.05) is 0 Å². The van der Waals surface area contributed by atoms with Gasteiger partial charge in [-0.15, -0.1) is 0 Å². The number of likely N-dealkylation sites (tertiary alicyclic amines) is 1. The maximum Gasteiger partial charge on any atom is 0.255 e. The molecule has 1 aromatic rings. The van der Waals surface area contributed by atoms with Crippen LogP contribution in [0.25, 0.3) is 0 Å². The number of hydrogen-bond acceptors (Lipinski definition) is 4. The first kappa shape index (κ1) is 17.6. The van der Waals surface area contributed by atoms with Gasteiger partial charge in [0.05, 0.1) is 27.8 Å². The molecule has 1 unspecified atom stereocenters. The predicted octanol–water partition coefficient (Wildman–Crippen LogP) is 2.76. The lowest BCUT2D eigenvalue weighted by atomic mass is 9.90. The van der Waals surface area contributed by atoms with E-state index in [0.717, 1.165) is 25.9 Å². The van der Waals surface area contributed by atoms with Crippen molar-refractivity contribution in [1.82, 2.24) is 9.88 Å². The molecule has 1 aliphatic heterocycles. The van der Waals surface area contributed by atoms with Gasteiger partial charge < -0.3 is 4.90 Å². The van der Waals surface area contributed by atoms with Crippen molar-refractivity contribution in [2.75, 3.05) is 18.8 Å². The monoisotopic (exact) mass is 333 g/mol. The lowest BCUT2D eigenvalue weighted by molar-refractivity contribution is 0.0792. The molecule has 0 radical (unpaired) electrons. The van der Waals surface area contributed by atoms with Crippen molar-refractivity contribution in [3.05, 3.63) is 23.9 Å². The van der Waals surface area contributed by atoms with Gasteiger partial charge in [0.25, 0.3) is 5.91 Å². The van der Waals surface area contributed by atoms with Gasteiger partial charge in [0.2, 0.25) is 0 Å². The fraction of sp³-hybridized carbons (Fsp3) is 0.588. The van der Waals surface area contributed by atoms with Crippen molar-refractivity contribution in [3.8, 4) is 6.07 Å². The molecule has 0 spiro atoms. The third-order valence-electron chi connectivity index (χ3n) is 4.04. The first-order chi connectivity index (χ1) is 10.9. The van der Waals surface area contributed by atoms with Gasteiger partial charge in [0.1, 0.15) is 5.03 Å². The van der Waals surface area contributed by atoms with E-state index in [4.69, 9.17) is 5.26 Å². The van der Waals surface area contributed by atoms with Crippen LogP contribution in [0.15, 0.2) is 23.4 Å². The molecule has 5 nitrogen and oxygen atoms in total. The molecule has 0 aliphatic carbocycles. The standard InChI is InChI=1S/C17H23N3O2S/c1-17(2,13-18)8-5-11-23(22)15-7-6-14(12-19-15)16(21)20-9-3-4-10-20/h6-7,12H,3-5,8-11H2,1-2H3. The molecular formula is C17H23N3O2S. The first-order valence-electron chi connectivity index (χ1n) is 7.98. The summed E-state index contributed by atoms with van der Waals surface area (Å²) in [6.07, 6.45) is 5.05. The summed E-state index contributed by atoms with van der Waals surface area (Å²) in [6, 6.07) is 5.63. The van der Waals surface area contributed by atoms with Crippen LogP contribution in [0, 0.1) is 16.7 Å². The number of carbonyl (C=O) groups is 1. The molecule has 6 heteroatoms. The number of aromatic nitrogens is 1. The molecule has 0 N–H and O–H groups in total. The Bertz CT molecular complexity index is 614. The molecule has 2 heterocycles. The highest BCUT2D eigenvalue weighted by molar-refractivity contribution is 7.84. The Labute approximate surface area is 140 Å². The van der Waals surface area contributed by atoms with Gasteiger partial charge in [-0.3, -0.25) is 9.00 Å². The quantitative estimate of drug-likeness (QED) is 0.802. The highest BCUT2D eigenvalue weighted by Gasteiger charge is 2.20. The number of rotatable bonds is 6. The molecule has 1 amide bonds. The van der Waals surface area contributed by atoms with Crippen LogP contribution in [0.4, 0.5) is 0 Å². The summed E-state index contributed by atoms with van der Waals surface area (Å²) in [5.74, 6) is 0.487. The van der Waals surface area contributed by atoms with Crippen LogP contribution < -0.4 is 0 Å². The summed E-state index contributed by atoms with van der Waals surface area (Å²) in [7, 11) is -1.19. The average molecular weight is 333 g/mol. The zero-order valence-electron chi connectivity index (χ0n) is 13.7. The molecule has 2 rings (SSSR count). The van der Waals surface area contributed by atoms with Gasteiger partial charge in [-0.05, 0) is 51.7 Å². The number of nitrogens with zero attached hydrogens (tertiary/aromatic N) is 3. The summed E-state index contributed by atoms with van der Waals surface area (Å²) in [5, 5.41) is 9.47. The van der Waals surface area contributed by atoms with Gasteiger partial charge >= 0.3 is 0 Å². The predicted molar refractivity (Wildman–Crippen MR) is 89.3 cm³/mol. The number of hydrogen-bond donors (Lipinski definition) is 0. The van der Waals surface area contributed by atoms with Crippen molar-refractivity contribution >= 4 is 16.7 Å². The van der Waals surface area contributed by atoms with E-state index >= 15 is 0 Å². The van der Waals surface area contributed by atoms with E-state index in [1.165, 1.54) is 6.20 Å². The fourth-order valence-electron chi connectivity index (χ4n) is 2.55. The Balaban J connectivity index is 1.90. The van der Waals surface area contributed by atoms with Crippen LogP contribution in [-0.2, 0) is 10.8 Å². The normalized spacial score (nSPS) is 16.1. The van der Waals surface area contributed by atoms with Gasteiger partial charge in [0, 0.05) is 25.0 Å². The number of nitriles is 1. The average Bonchev–Trinajstić information content (AvgIpc) is 3.08. The SMILES string of the molecule is CC(C)(C#N)CCCS(=O)c1ccc(C(=O)N2CCCC2)cn1. The zero-order chi connectivity index (χ0) is 16.9. The molecule has 23 heavy (non-hydrogen) atoms. The van der Waals surface area contributed by atoms with Gasteiger partial charge in [0.15, 0.2) is 0 Å². The lowest BCUT2D eigenvalue weighted by Gasteiger charge is -2.15. The second-order valence-electron chi connectivity index (χ2n) is 6.53. The molecular weight excluding hydrogens is 310 g/mol. The molecule has 0 saturated carbocycles. The summed E-state index contributed by atoms with van der Waals surface area (Å²) >= 11 is 0. The summed E-state index contributed by atoms with van der Waals surface area (Å²) in [5.41, 5.74) is 0.169. The minimum Gasteiger partial charge on any atom is -0.339 e. The highest BCUT2D eigenvalue weighted by atomic mass is 32.2. The number of carbonyl (C=O) groups excluding carboxylic acids is 1. The second kappa shape index (κ2) is 7.69. The second-order valence-corrected chi connectivity index (χ2v) is 8.05. The van der Waals surface area contributed by atoms with Crippen LogP contribution in [-0.4, -0.2) is 38.8 Å². The lowest BCUT2D eigenvalue weighted by Crippen LogP contribution is -2.27. The molecule has 1 atom stereocenters. The topological polar surface area (TPSA) is 74.1 Å². The van der Waals surface area contributed by atoms with Crippen LogP contribution in [0.3, 0.4) is 0 Å². The van der Waals surface area contributed by atoms with Crippen molar-refractivity contribution in [2.24, 2.45) is 5.41 Å². The van der Waals surface area contributed by atoms with Crippen LogP contribution in [0.5, 0.6) is 0 Å². The van der Waals surface area contributed by atoms with Crippen molar-refractivity contribution < 1.29 is 9.00 Å². The Morgan fingerprint density at radius 3 is 2.65 bits per heavy atom. The maximum absolute atomic E-state index is 12.2. The van der Waals surface area contributed by atoms with Gasteiger partial charge in [-0.2, -0.15) is 5.26 Å². The van der Waals surface area contributed by atoms with E-state index in [-0.39, 0.29) is 11.3 Å². The molecule has 1 aliphatic rings. The fourth-order valence-corrected chi connectivity index (χ4v) is 3.56. The molecule has 0 aromatic carbocycles. The largest absolute Gasteiger partial charge is 0.339 e. The van der Waals surface area contributed by atoms with E-state index < -0.39 is 10.8 Å². The number of pyridine rings is 1. The molecule has 1 aromatic heterocycles. The smallest absolute Gasteiger partial charge is 0.255 e. The van der Waals surface area contributed by atoms with Crippen LogP contribution in [0.1, 0.15) is 49.9 Å². The Kier molecular flexibility index (Phi) is 5.89. The summed E-state index contributed by atoms with van der Waals surface area (Å²) < 4.78 is 12.2. The third kappa shape index (κ3) is 4.87. The minimum absolute atomic E-state index is 0.00287. The van der Waals surface area contributed by atoms with E-state index in [0.29, 0.717) is 29.2 Å². The Hall–Kier alpha value is -1.74. The molecule has 124 valence electrons. The van der Waals surface area contributed by atoms with Crippen LogP contribution >= 0.6 is 0 Å². The minimum atomic E-state index is -1.19. The van der Waals surface area contributed by atoms with E-state index in [9.17, 15) is 9.00 Å². The van der Waals surface area contributed by atoms with E-state index in [1.807, 2.05) is 18.7 Å². The van der Waals surface area contributed by atoms with Crippen molar-refractivity contribution in [2.45, 2.75) is 44.6 Å². The highest BCUT2D eigenvalue weighted by Crippen LogP contribution is 2.21. The van der Waals surface area contributed by atoms with Crippen LogP contribution in [0.2, 0.25) is 0 Å². The van der Waals surface area contributed by atoms with E-state index in [1.54, 1.807) is 12.1 Å². The Morgan fingerprint density at radius 2 is 2.09 bits per heavy atom. The van der Waals surface area contributed by atoms with Crippen molar-refractivity contribution in [1.29, 1.82) is 5.26 Å². The zero-order valence-corrected chi connectivity index (χ0v) is 14.6. The maximum atomic E-state index is 12.2. The van der Waals surface area contributed by atoms with Crippen molar-refractivity contribution in [3.63, 3.8) is 0 Å². The molecule has 1 fully saturated rings. The first-order valence-corrected chi connectivity index (χ1v) is 9.30. The summed E-state index contributed by atoms with van der Waals surface area (Å²) in [6.45, 7) is 5.38.